The van der Waals surface area contributed by atoms with Crippen LogP contribution in [0.2, 0.25) is 0 Å². The highest BCUT2D eigenvalue weighted by Gasteiger charge is 2.25. The average Bonchev–Trinajstić information content (AvgIpc) is 3.28. The molecule has 1 aliphatic rings. The van der Waals surface area contributed by atoms with E-state index in [4.69, 9.17) is 0 Å². The highest BCUT2D eigenvalue weighted by atomic mass is 127. The SMILES string of the molecule is CCNC(=NCC(O)c1ccccc1F)N1CCC(Cc2cnn(C)c2)C1.I. The molecule has 0 aliphatic carbocycles. The van der Waals surface area contributed by atoms with Crippen molar-refractivity contribution < 1.29 is 9.50 Å². The Bertz CT molecular complexity index is 781. The molecule has 1 aliphatic heterocycles. The van der Waals surface area contributed by atoms with Gasteiger partial charge in [-0.05, 0) is 37.3 Å². The minimum atomic E-state index is -0.950. The number of nitrogens with one attached hydrogen (secondary N) is 1. The zero-order valence-electron chi connectivity index (χ0n) is 16.4. The number of rotatable bonds is 6. The van der Waals surface area contributed by atoms with E-state index >= 15 is 0 Å². The van der Waals surface area contributed by atoms with Crippen LogP contribution in [0.15, 0.2) is 41.7 Å². The van der Waals surface area contributed by atoms with Crippen LogP contribution in [0.4, 0.5) is 4.39 Å². The third kappa shape index (κ3) is 5.91. The fraction of sp³-hybridized carbons (Fsp3) is 0.500. The van der Waals surface area contributed by atoms with Crippen LogP contribution in [-0.2, 0) is 13.5 Å². The number of halogens is 2. The summed E-state index contributed by atoms with van der Waals surface area (Å²) in [5, 5.41) is 17.8. The normalized spacial score (nSPS) is 18.1. The number of aliphatic imine (C=N–C) groups is 1. The summed E-state index contributed by atoms with van der Waals surface area (Å²) in [5.74, 6) is 0.930. The summed E-state index contributed by atoms with van der Waals surface area (Å²) in [6.07, 6.45) is 5.13. The Labute approximate surface area is 182 Å². The van der Waals surface area contributed by atoms with Crippen LogP contribution >= 0.6 is 24.0 Å². The molecule has 0 amide bonds. The molecule has 1 fully saturated rings. The predicted molar refractivity (Wildman–Crippen MR) is 119 cm³/mol. The van der Waals surface area contributed by atoms with Crippen molar-refractivity contribution in [1.29, 1.82) is 0 Å². The van der Waals surface area contributed by atoms with E-state index in [0.29, 0.717) is 5.92 Å². The van der Waals surface area contributed by atoms with Gasteiger partial charge in [-0.25, -0.2) is 4.39 Å². The number of hydrogen-bond acceptors (Lipinski definition) is 3. The molecule has 2 unspecified atom stereocenters. The molecular weight excluding hydrogens is 472 g/mol. The van der Waals surface area contributed by atoms with Gasteiger partial charge >= 0.3 is 0 Å². The lowest BCUT2D eigenvalue weighted by molar-refractivity contribution is 0.181. The third-order valence-corrected chi connectivity index (χ3v) is 4.88. The molecule has 0 radical (unpaired) electrons. The molecule has 0 spiro atoms. The summed E-state index contributed by atoms with van der Waals surface area (Å²) in [5.41, 5.74) is 1.54. The van der Waals surface area contributed by atoms with Crippen molar-refractivity contribution in [3.8, 4) is 0 Å². The number of hydrogen-bond donors (Lipinski definition) is 2. The number of aliphatic hydroxyl groups excluding tert-OH is 1. The van der Waals surface area contributed by atoms with E-state index in [9.17, 15) is 9.50 Å². The molecular formula is C20H29FIN5O. The largest absolute Gasteiger partial charge is 0.386 e. The van der Waals surface area contributed by atoms with Crippen molar-refractivity contribution in [2.45, 2.75) is 25.9 Å². The summed E-state index contributed by atoms with van der Waals surface area (Å²) < 4.78 is 15.7. The lowest BCUT2D eigenvalue weighted by atomic mass is 10.0. The minimum Gasteiger partial charge on any atom is -0.386 e. The molecule has 1 aromatic carbocycles. The van der Waals surface area contributed by atoms with Gasteiger partial charge in [-0.3, -0.25) is 9.67 Å². The van der Waals surface area contributed by atoms with Gasteiger partial charge in [0.2, 0.25) is 0 Å². The van der Waals surface area contributed by atoms with Gasteiger partial charge in [0.15, 0.2) is 5.96 Å². The molecule has 28 heavy (non-hydrogen) atoms. The fourth-order valence-electron chi connectivity index (χ4n) is 3.54. The predicted octanol–water partition coefficient (Wildman–Crippen LogP) is 2.74. The zero-order chi connectivity index (χ0) is 19.2. The number of guanidine groups is 1. The van der Waals surface area contributed by atoms with E-state index in [1.54, 1.807) is 18.2 Å². The second kappa shape index (κ2) is 10.8. The number of likely N-dealkylation sites (tertiary alicyclic amines) is 1. The molecule has 0 saturated carbocycles. The monoisotopic (exact) mass is 501 g/mol. The van der Waals surface area contributed by atoms with Gasteiger partial charge in [0, 0.05) is 38.4 Å². The molecule has 2 heterocycles. The number of aromatic nitrogens is 2. The molecule has 2 atom stereocenters. The van der Waals surface area contributed by atoms with Crippen LogP contribution in [0.1, 0.15) is 30.6 Å². The Morgan fingerprint density at radius 3 is 2.89 bits per heavy atom. The van der Waals surface area contributed by atoms with Gasteiger partial charge in [0.25, 0.3) is 0 Å². The van der Waals surface area contributed by atoms with Crippen molar-refractivity contribution in [3.63, 3.8) is 0 Å². The Morgan fingerprint density at radius 2 is 2.21 bits per heavy atom. The number of nitrogens with zero attached hydrogens (tertiary/aromatic N) is 4. The molecule has 2 aromatic rings. The molecule has 2 N–H and O–H groups in total. The van der Waals surface area contributed by atoms with Crippen molar-refractivity contribution >= 4 is 29.9 Å². The maximum absolute atomic E-state index is 13.8. The van der Waals surface area contributed by atoms with E-state index in [-0.39, 0.29) is 36.1 Å². The van der Waals surface area contributed by atoms with Crippen LogP contribution in [-0.4, -0.2) is 51.9 Å². The second-order valence-corrected chi connectivity index (χ2v) is 7.06. The topological polar surface area (TPSA) is 65.7 Å². The summed E-state index contributed by atoms with van der Waals surface area (Å²) in [4.78, 5) is 6.78. The first-order valence-corrected chi connectivity index (χ1v) is 9.50. The number of aliphatic hydroxyl groups is 1. The van der Waals surface area contributed by atoms with Crippen LogP contribution in [0, 0.1) is 11.7 Å². The molecule has 8 heteroatoms. The lowest BCUT2D eigenvalue weighted by Gasteiger charge is -2.22. The van der Waals surface area contributed by atoms with E-state index in [1.165, 1.54) is 11.6 Å². The van der Waals surface area contributed by atoms with E-state index in [1.807, 2.05) is 24.9 Å². The highest BCUT2D eigenvalue weighted by molar-refractivity contribution is 14.0. The van der Waals surface area contributed by atoms with Crippen molar-refractivity contribution in [3.05, 3.63) is 53.6 Å². The average molecular weight is 501 g/mol. The van der Waals surface area contributed by atoms with Crippen LogP contribution in [0.25, 0.3) is 0 Å². The van der Waals surface area contributed by atoms with Crippen molar-refractivity contribution in [2.24, 2.45) is 18.0 Å². The van der Waals surface area contributed by atoms with E-state index in [0.717, 1.165) is 38.4 Å². The maximum Gasteiger partial charge on any atom is 0.194 e. The molecule has 0 bridgehead atoms. The van der Waals surface area contributed by atoms with E-state index in [2.05, 4.69) is 26.5 Å². The van der Waals surface area contributed by atoms with Gasteiger partial charge in [-0.2, -0.15) is 5.10 Å². The molecule has 154 valence electrons. The standard InChI is InChI=1S/C20H28FN5O.HI/c1-3-22-20(23-12-19(27)17-6-4-5-7-18(17)21)26-9-8-15(14-26)10-16-11-24-25(2)13-16;/h4-7,11,13,15,19,27H,3,8-10,12,14H2,1-2H3,(H,22,23);1H. The van der Waals surface area contributed by atoms with Gasteiger partial charge in [0.1, 0.15) is 11.9 Å². The van der Waals surface area contributed by atoms with Crippen molar-refractivity contribution in [1.82, 2.24) is 20.0 Å². The van der Waals surface area contributed by atoms with Crippen molar-refractivity contribution in [2.75, 3.05) is 26.2 Å². The van der Waals surface area contributed by atoms with Crippen LogP contribution in [0.5, 0.6) is 0 Å². The minimum absolute atomic E-state index is 0. The Morgan fingerprint density at radius 1 is 1.43 bits per heavy atom. The quantitative estimate of drug-likeness (QED) is 0.363. The lowest BCUT2D eigenvalue weighted by Crippen LogP contribution is -2.40. The van der Waals surface area contributed by atoms with Gasteiger partial charge in [-0.15, -0.1) is 24.0 Å². The van der Waals surface area contributed by atoms with Crippen LogP contribution < -0.4 is 5.32 Å². The van der Waals surface area contributed by atoms with Crippen LogP contribution in [0.3, 0.4) is 0 Å². The number of aryl methyl sites for hydroxylation is 1. The first-order chi connectivity index (χ1) is 13.1. The maximum atomic E-state index is 13.8. The van der Waals surface area contributed by atoms with Gasteiger partial charge in [-0.1, -0.05) is 18.2 Å². The number of benzene rings is 1. The summed E-state index contributed by atoms with van der Waals surface area (Å²) in [7, 11) is 1.93. The van der Waals surface area contributed by atoms with Gasteiger partial charge < -0.3 is 15.3 Å². The van der Waals surface area contributed by atoms with Gasteiger partial charge in [0.05, 0.1) is 12.7 Å². The fourth-order valence-corrected chi connectivity index (χ4v) is 3.54. The summed E-state index contributed by atoms with van der Waals surface area (Å²) >= 11 is 0. The second-order valence-electron chi connectivity index (χ2n) is 7.06. The van der Waals surface area contributed by atoms with E-state index < -0.39 is 11.9 Å². The molecule has 1 aromatic heterocycles. The summed E-state index contributed by atoms with van der Waals surface area (Å²) in [6.45, 7) is 4.74. The third-order valence-electron chi connectivity index (χ3n) is 4.88. The summed E-state index contributed by atoms with van der Waals surface area (Å²) in [6, 6.07) is 6.30. The Balaban J connectivity index is 0.00000280. The zero-order valence-corrected chi connectivity index (χ0v) is 18.7. The Kier molecular flexibility index (Phi) is 8.68. The molecule has 1 saturated heterocycles. The first-order valence-electron chi connectivity index (χ1n) is 9.50. The Hall–Kier alpha value is -1.68. The molecule has 6 nitrogen and oxygen atoms in total. The smallest absolute Gasteiger partial charge is 0.194 e. The highest BCUT2D eigenvalue weighted by Crippen LogP contribution is 2.21. The molecule has 3 rings (SSSR count). The first kappa shape index (κ1) is 22.6.